The van der Waals surface area contributed by atoms with E-state index in [4.69, 9.17) is 16.3 Å². The summed E-state index contributed by atoms with van der Waals surface area (Å²) in [5.41, 5.74) is 1.52. The van der Waals surface area contributed by atoms with Gasteiger partial charge in [-0.05, 0) is 36.4 Å². The highest BCUT2D eigenvalue weighted by Crippen LogP contribution is 2.17. The first-order valence-electron chi connectivity index (χ1n) is 6.80. The fourth-order valence-electron chi connectivity index (χ4n) is 1.77. The van der Waals surface area contributed by atoms with Crippen molar-refractivity contribution in [1.29, 1.82) is 0 Å². The van der Waals surface area contributed by atoms with E-state index in [0.29, 0.717) is 17.3 Å². The van der Waals surface area contributed by atoms with Crippen LogP contribution < -0.4 is 15.4 Å². The number of anilines is 2. The largest absolute Gasteiger partial charge is 0.489 e. The van der Waals surface area contributed by atoms with E-state index in [0.717, 1.165) is 11.4 Å². The lowest BCUT2D eigenvalue weighted by Gasteiger charge is -2.09. The Morgan fingerprint density at radius 2 is 1.95 bits per heavy atom. The first-order valence-corrected chi connectivity index (χ1v) is 7.18. The summed E-state index contributed by atoms with van der Waals surface area (Å²) < 4.78 is 5.44. The Labute approximate surface area is 134 Å². The van der Waals surface area contributed by atoms with Gasteiger partial charge in [0.1, 0.15) is 12.4 Å². The van der Waals surface area contributed by atoms with Crippen molar-refractivity contribution in [3.05, 3.63) is 66.2 Å². The van der Waals surface area contributed by atoms with Crippen LogP contribution in [0.3, 0.4) is 0 Å². The monoisotopic (exact) mass is 316 g/mol. The molecule has 2 aromatic rings. The molecule has 0 aliphatic rings. The fourth-order valence-corrected chi connectivity index (χ4v) is 1.90. The van der Waals surface area contributed by atoms with E-state index in [2.05, 4.69) is 17.2 Å². The molecule has 0 aromatic heterocycles. The van der Waals surface area contributed by atoms with Crippen LogP contribution in [-0.4, -0.2) is 19.1 Å². The zero-order valence-electron chi connectivity index (χ0n) is 12.0. The molecule has 2 rings (SSSR count). The van der Waals surface area contributed by atoms with E-state index < -0.39 is 0 Å². The van der Waals surface area contributed by atoms with Crippen molar-refractivity contribution in [2.45, 2.75) is 0 Å². The van der Waals surface area contributed by atoms with Crippen molar-refractivity contribution in [2.24, 2.45) is 0 Å². The predicted octanol–water partition coefficient (Wildman–Crippen LogP) is 3.96. The molecule has 22 heavy (non-hydrogen) atoms. The minimum absolute atomic E-state index is 0.139. The van der Waals surface area contributed by atoms with E-state index in [1.165, 1.54) is 0 Å². The second-order valence-electron chi connectivity index (χ2n) is 4.54. The van der Waals surface area contributed by atoms with E-state index in [1.807, 2.05) is 24.3 Å². The van der Waals surface area contributed by atoms with Gasteiger partial charge in [-0.2, -0.15) is 0 Å². The molecule has 0 bridgehead atoms. The highest BCUT2D eigenvalue weighted by Gasteiger charge is 2.03. The molecule has 0 spiro atoms. The summed E-state index contributed by atoms with van der Waals surface area (Å²) in [4.78, 5) is 11.9. The summed E-state index contributed by atoms with van der Waals surface area (Å²) in [5, 5.41) is 6.46. The molecule has 1 amide bonds. The molecule has 0 heterocycles. The lowest BCUT2D eigenvalue weighted by atomic mass is 10.3. The van der Waals surface area contributed by atoms with Crippen LogP contribution in [-0.2, 0) is 4.79 Å². The molecule has 2 aromatic carbocycles. The zero-order chi connectivity index (χ0) is 15.8. The molecule has 0 saturated carbocycles. The SMILES string of the molecule is C=CCOc1cccc(NCC(=O)Nc2ccc(Cl)cc2)c1. The Morgan fingerprint density at radius 3 is 2.68 bits per heavy atom. The van der Waals surface area contributed by atoms with Gasteiger partial charge >= 0.3 is 0 Å². The van der Waals surface area contributed by atoms with Crippen LogP contribution in [0.25, 0.3) is 0 Å². The van der Waals surface area contributed by atoms with Gasteiger partial charge in [-0.25, -0.2) is 0 Å². The van der Waals surface area contributed by atoms with Gasteiger partial charge in [-0.1, -0.05) is 30.3 Å². The fraction of sp³-hybridized carbons (Fsp3) is 0.118. The van der Waals surface area contributed by atoms with Crippen LogP contribution in [0.15, 0.2) is 61.2 Å². The second kappa shape index (κ2) is 8.10. The van der Waals surface area contributed by atoms with Crippen LogP contribution in [0.4, 0.5) is 11.4 Å². The smallest absolute Gasteiger partial charge is 0.243 e. The highest BCUT2D eigenvalue weighted by molar-refractivity contribution is 6.30. The topological polar surface area (TPSA) is 50.4 Å². The second-order valence-corrected chi connectivity index (χ2v) is 4.97. The predicted molar refractivity (Wildman–Crippen MR) is 90.7 cm³/mol. The molecule has 0 atom stereocenters. The van der Waals surface area contributed by atoms with E-state index in [9.17, 15) is 4.79 Å². The number of carbonyl (C=O) groups excluding carboxylic acids is 1. The zero-order valence-corrected chi connectivity index (χ0v) is 12.8. The van der Waals surface area contributed by atoms with Crippen LogP contribution in [0.2, 0.25) is 5.02 Å². The van der Waals surface area contributed by atoms with Crippen molar-refractivity contribution < 1.29 is 9.53 Å². The number of rotatable bonds is 7. The maximum Gasteiger partial charge on any atom is 0.243 e. The summed E-state index contributed by atoms with van der Waals surface area (Å²) in [6.45, 7) is 4.21. The third-order valence-electron chi connectivity index (χ3n) is 2.78. The summed E-state index contributed by atoms with van der Waals surface area (Å²) >= 11 is 5.80. The molecule has 0 unspecified atom stereocenters. The maximum absolute atomic E-state index is 11.9. The first-order chi connectivity index (χ1) is 10.7. The minimum Gasteiger partial charge on any atom is -0.489 e. The van der Waals surface area contributed by atoms with E-state index in [1.54, 1.807) is 30.3 Å². The number of ether oxygens (including phenoxy) is 1. The van der Waals surface area contributed by atoms with Gasteiger partial charge in [0.25, 0.3) is 0 Å². The standard InChI is InChI=1S/C17H17ClN2O2/c1-2-10-22-16-5-3-4-15(11-16)19-12-17(21)20-14-8-6-13(18)7-9-14/h2-9,11,19H,1,10,12H2,(H,20,21). The molecule has 4 nitrogen and oxygen atoms in total. The van der Waals surface area contributed by atoms with Crippen molar-refractivity contribution in [3.8, 4) is 5.75 Å². The Bertz CT molecular complexity index is 641. The van der Waals surface area contributed by atoms with Crippen molar-refractivity contribution in [2.75, 3.05) is 23.8 Å². The van der Waals surface area contributed by atoms with Crippen LogP contribution in [0, 0.1) is 0 Å². The summed E-state index contributed by atoms with van der Waals surface area (Å²) in [7, 11) is 0. The van der Waals surface area contributed by atoms with E-state index >= 15 is 0 Å². The van der Waals surface area contributed by atoms with Gasteiger partial charge in [-0.15, -0.1) is 0 Å². The van der Waals surface area contributed by atoms with Gasteiger partial charge < -0.3 is 15.4 Å². The van der Waals surface area contributed by atoms with Gasteiger partial charge in [0.05, 0.1) is 6.54 Å². The Kier molecular flexibility index (Phi) is 5.86. The summed E-state index contributed by atoms with van der Waals surface area (Å²) in [6.07, 6.45) is 1.68. The molecular formula is C17H17ClN2O2. The molecular weight excluding hydrogens is 300 g/mol. The Morgan fingerprint density at radius 1 is 1.18 bits per heavy atom. The van der Waals surface area contributed by atoms with Gasteiger partial charge in [-0.3, -0.25) is 4.79 Å². The Hall–Kier alpha value is -2.46. The lowest BCUT2D eigenvalue weighted by Crippen LogP contribution is -2.21. The highest BCUT2D eigenvalue weighted by atomic mass is 35.5. The van der Waals surface area contributed by atoms with Gasteiger partial charge in [0.15, 0.2) is 0 Å². The number of hydrogen-bond acceptors (Lipinski definition) is 3. The Balaban J connectivity index is 1.85. The molecule has 2 N–H and O–H groups in total. The average Bonchev–Trinajstić information content (AvgIpc) is 2.53. The third kappa shape index (κ3) is 5.14. The minimum atomic E-state index is -0.139. The quantitative estimate of drug-likeness (QED) is 0.760. The number of carbonyl (C=O) groups is 1. The van der Waals surface area contributed by atoms with Gasteiger partial charge in [0, 0.05) is 22.5 Å². The number of amides is 1. The molecule has 0 aliphatic carbocycles. The third-order valence-corrected chi connectivity index (χ3v) is 3.03. The molecule has 0 fully saturated rings. The summed E-state index contributed by atoms with van der Waals surface area (Å²) in [6, 6.07) is 14.4. The number of hydrogen-bond donors (Lipinski definition) is 2. The van der Waals surface area contributed by atoms with Crippen LogP contribution >= 0.6 is 11.6 Å². The summed E-state index contributed by atoms with van der Waals surface area (Å²) in [5.74, 6) is 0.586. The average molecular weight is 317 g/mol. The molecule has 0 saturated heterocycles. The first kappa shape index (κ1) is 15.9. The number of benzene rings is 2. The van der Waals surface area contributed by atoms with Gasteiger partial charge in [0.2, 0.25) is 5.91 Å². The number of nitrogens with one attached hydrogen (secondary N) is 2. The van der Waals surface area contributed by atoms with E-state index in [-0.39, 0.29) is 12.5 Å². The molecule has 0 radical (unpaired) electrons. The van der Waals surface area contributed by atoms with Crippen molar-refractivity contribution >= 4 is 28.9 Å². The maximum atomic E-state index is 11.9. The van der Waals surface area contributed by atoms with Crippen LogP contribution in [0.1, 0.15) is 0 Å². The molecule has 5 heteroatoms. The van der Waals surface area contributed by atoms with Crippen molar-refractivity contribution in [3.63, 3.8) is 0 Å². The molecule has 114 valence electrons. The van der Waals surface area contributed by atoms with Crippen molar-refractivity contribution in [1.82, 2.24) is 0 Å². The molecule has 0 aliphatic heterocycles. The normalized spacial score (nSPS) is 9.86. The lowest BCUT2D eigenvalue weighted by molar-refractivity contribution is -0.114. The number of halogens is 1. The van der Waals surface area contributed by atoms with Crippen LogP contribution in [0.5, 0.6) is 5.75 Å².